The Morgan fingerprint density at radius 1 is 1.23 bits per heavy atom. The van der Waals surface area contributed by atoms with Crippen LogP contribution in [0.5, 0.6) is 0 Å². The number of fused-ring (bicyclic) bond motifs is 1. The zero-order valence-corrected chi connectivity index (χ0v) is 15.8. The van der Waals surface area contributed by atoms with E-state index in [1.165, 1.54) is 10.8 Å². The van der Waals surface area contributed by atoms with Gasteiger partial charge >= 0.3 is 0 Å². The fourth-order valence-electron chi connectivity index (χ4n) is 3.56. The second kappa shape index (κ2) is 7.14. The van der Waals surface area contributed by atoms with Crippen molar-refractivity contribution in [2.75, 3.05) is 18.8 Å². The summed E-state index contributed by atoms with van der Waals surface area (Å²) in [6.45, 7) is 1.68. The van der Waals surface area contributed by atoms with Gasteiger partial charge in [0.05, 0.1) is 41.2 Å². The first-order valence-corrected chi connectivity index (χ1v) is 9.35. The standard InChI is InChI=1S/C20H17N9O/c21-7-12-2-1-3-13(6-12)18-17(15-4-5-23-11-24-15)19-25-16(10-28-8-14(30)9-28)27-29(19)20(22)26-18/h1-6,11,14,30H,8-10H2,(H2,22,26). The molecule has 0 atom stereocenters. The molecule has 0 spiro atoms. The molecule has 0 radical (unpaired) electrons. The number of aromatic nitrogens is 6. The quantitative estimate of drug-likeness (QED) is 0.511. The third-order valence-corrected chi connectivity index (χ3v) is 4.96. The third kappa shape index (κ3) is 3.12. The average molecular weight is 399 g/mol. The van der Waals surface area contributed by atoms with E-state index in [2.05, 4.69) is 26.1 Å². The Kier molecular flexibility index (Phi) is 4.31. The number of nitrogens with zero attached hydrogens (tertiary/aromatic N) is 8. The molecular formula is C20H17N9O. The largest absolute Gasteiger partial charge is 0.390 e. The van der Waals surface area contributed by atoms with Gasteiger partial charge in [-0.25, -0.2) is 19.9 Å². The Morgan fingerprint density at radius 2 is 2.10 bits per heavy atom. The van der Waals surface area contributed by atoms with Crippen LogP contribution in [0.3, 0.4) is 0 Å². The van der Waals surface area contributed by atoms with Crippen molar-refractivity contribution in [1.29, 1.82) is 5.26 Å². The summed E-state index contributed by atoms with van der Waals surface area (Å²) in [5.41, 5.74) is 9.83. The van der Waals surface area contributed by atoms with Crippen molar-refractivity contribution in [3.05, 3.63) is 54.2 Å². The van der Waals surface area contributed by atoms with Crippen molar-refractivity contribution in [3.63, 3.8) is 0 Å². The van der Waals surface area contributed by atoms with Gasteiger partial charge in [-0.1, -0.05) is 12.1 Å². The van der Waals surface area contributed by atoms with Gasteiger partial charge in [0.15, 0.2) is 11.5 Å². The van der Waals surface area contributed by atoms with E-state index in [9.17, 15) is 10.4 Å². The molecule has 10 nitrogen and oxygen atoms in total. The Balaban J connectivity index is 1.72. The molecule has 0 amide bonds. The lowest BCUT2D eigenvalue weighted by Crippen LogP contribution is -2.50. The fraction of sp³-hybridized carbons (Fsp3) is 0.200. The zero-order valence-electron chi connectivity index (χ0n) is 15.8. The van der Waals surface area contributed by atoms with Crippen LogP contribution in [0.2, 0.25) is 0 Å². The summed E-state index contributed by atoms with van der Waals surface area (Å²) >= 11 is 0. The van der Waals surface area contributed by atoms with E-state index in [1.807, 2.05) is 11.0 Å². The number of rotatable bonds is 4. The van der Waals surface area contributed by atoms with Crippen molar-refractivity contribution < 1.29 is 5.11 Å². The molecule has 3 N–H and O–H groups in total. The molecule has 4 aromatic rings. The molecule has 4 heterocycles. The summed E-state index contributed by atoms with van der Waals surface area (Å²) in [6.07, 6.45) is 2.80. The summed E-state index contributed by atoms with van der Waals surface area (Å²) in [6, 6.07) is 11.1. The Morgan fingerprint density at radius 3 is 2.83 bits per heavy atom. The van der Waals surface area contributed by atoms with Crippen molar-refractivity contribution in [2.24, 2.45) is 0 Å². The summed E-state index contributed by atoms with van der Waals surface area (Å²) in [4.78, 5) is 19.7. The van der Waals surface area contributed by atoms with Gasteiger partial charge in [-0.15, -0.1) is 5.10 Å². The zero-order chi connectivity index (χ0) is 20.7. The van der Waals surface area contributed by atoms with Gasteiger partial charge in [0.1, 0.15) is 6.33 Å². The summed E-state index contributed by atoms with van der Waals surface area (Å²) in [5, 5.41) is 23.3. The maximum Gasteiger partial charge on any atom is 0.223 e. The van der Waals surface area contributed by atoms with Crippen LogP contribution in [-0.4, -0.2) is 58.7 Å². The highest BCUT2D eigenvalue weighted by Crippen LogP contribution is 2.34. The molecule has 0 aliphatic carbocycles. The summed E-state index contributed by atoms with van der Waals surface area (Å²) in [5.74, 6) is 0.760. The predicted octanol–water partition coefficient (Wildman–Crippen LogP) is 0.879. The molecule has 30 heavy (non-hydrogen) atoms. The van der Waals surface area contributed by atoms with Crippen LogP contribution in [0.1, 0.15) is 11.4 Å². The van der Waals surface area contributed by atoms with E-state index >= 15 is 0 Å². The smallest absolute Gasteiger partial charge is 0.223 e. The van der Waals surface area contributed by atoms with Gasteiger partial charge in [0.2, 0.25) is 5.95 Å². The highest BCUT2D eigenvalue weighted by molar-refractivity contribution is 5.89. The highest BCUT2D eigenvalue weighted by atomic mass is 16.3. The number of aliphatic hydroxyl groups is 1. The van der Waals surface area contributed by atoms with Gasteiger partial charge in [-0.2, -0.15) is 9.78 Å². The van der Waals surface area contributed by atoms with Gasteiger partial charge in [-0.3, -0.25) is 4.90 Å². The SMILES string of the molecule is N#Cc1cccc(-c2nc(N)n3nc(CN4CC(O)C4)nc3c2-c2ccncn2)c1. The van der Waals surface area contributed by atoms with Crippen LogP contribution in [0, 0.1) is 11.3 Å². The molecule has 1 aliphatic heterocycles. The number of nitriles is 1. The van der Waals surface area contributed by atoms with Gasteiger partial charge in [0, 0.05) is 24.8 Å². The van der Waals surface area contributed by atoms with Gasteiger partial charge < -0.3 is 10.8 Å². The predicted molar refractivity (Wildman–Crippen MR) is 108 cm³/mol. The molecule has 1 fully saturated rings. The van der Waals surface area contributed by atoms with Crippen LogP contribution >= 0.6 is 0 Å². The molecular weight excluding hydrogens is 382 g/mol. The number of hydrogen-bond acceptors (Lipinski definition) is 9. The Hall–Kier alpha value is -3.94. The first-order valence-electron chi connectivity index (χ1n) is 9.35. The van der Waals surface area contributed by atoms with Crippen molar-refractivity contribution in [3.8, 4) is 28.6 Å². The lowest BCUT2D eigenvalue weighted by atomic mass is 10.0. The van der Waals surface area contributed by atoms with Crippen LogP contribution < -0.4 is 5.73 Å². The van der Waals surface area contributed by atoms with Crippen molar-refractivity contribution in [1.82, 2.24) is 34.4 Å². The minimum atomic E-state index is -0.302. The number of likely N-dealkylation sites (tertiary alicyclic amines) is 1. The van der Waals surface area contributed by atoms with Crippen LogP contribution in [0.15, 0.2) is 42.9 Å². The summed E-state index contributed by atoms with van der Waals surface area (Å²) < 4.78 is 1.50. The molecule has 10 heteroatoms. The normalized spacial score (nSPS) is 14.5. The molecule has 1 aromatic carbocycles. The van der Waals surface area contributed by atoms with Crippen LogP contribution in [0.25, 0.3) is 28.2 Å². The van der Waals surface area contributed by atoms with Crippen molar-refractivity contribution >= 4 is 11.6 Å². The monoisotopic (exact) mass is 399 g/mol. The Labute approximate surface area is 171 Å². The third-order valence-electron chi connectivity index (χ3n) is 4.96. The van der Waals surface area contributed by atoms with Crippen molar-refractivity contribution in [2.45, 2.75) is 12.6 Å². The van der Waals surface area contributed by atoms with Gasteiger partial charge in [0.25, 0.3) is 0 Å². The van der Waals surface area contributed by atoms with Crippen LogP contribution in [-0.2, 0) is 6.54 Å². The Bertz CT molecular complexity index is 1270. The topological polar surface area (TPSA) is 142 Å². The first kappa shape index (κ1) is 18.1. The minimum absolute atomic E-state index is 0.183. The molecule has 148 valence electrons. The minimum Gasteiger partial charge on any atom is -0.390 e. The maximum absolute atomic E-state index is 9.52. The number of β-amino-alcohol motifs (C(OH)–C–C–N with tert-alkyl or cyclic N) is 1. The second-order valence-electron chi connectivity index (χ2n) is 7.09. The number of hydrogen-bond donors (Lipinski definition) is 2. The molecule has 0 unspecified atom stereocenters. The number of benzene rings is 1. The van der Waals surface area contributed by atoms with E-state index in [0.717, 1.165) is 5.56 Å². The molecule has 1 saturated heterocycles. The lowest BCUT2D eigenvalue weighted by molar-refractivity contribution is -0.00423. The fourth-order valence-corrected chi connectivity index (χ4v) is 3.56. The van der Waals surface area contributed by atoms with E-state index in [0.29, 0.717) is 53.6 Å². The maximum atomic E-state index is 9.52. The molecule has 5 rings (SSSR count). The highest BCUT2D eigenvalue weighted by Gasteiger charge is 2.27. The van der Waals surface area contributed by atoms with E-state index in [1.54, 1.807) is 30.5 Å². The van der Waals surface area contributed by atoms with E-state index in [4.69, 9.17) is 10.7 Å². The second-order valence-corrected chi connectivity index (χ2v) is 7.09. The lowest BCUT2D eigenvalue weighted by Gasteiger charge is -2.34. The van der Waals surface area contributed by atoms with E-state index in [-0.39, 0.29) is 12.1 Å². The van der Waals surface area contributed by atoms with E-state index < -0.39 is 0 Å². The number of aliphatic hydroxyl groups excluding tert-OH is 1. The molecule has 0 bridgehead atoms. The number of nitrogens with two attached hydrogens (primary N) is 1. The number of anilines is 1. The van der Waals surface area contributed by atoms with Gasteiger partial charge in [-0.05, 0) is 18.2 Å². The molecule has 1 aliphatic rings. The number of nitrogen functional groups attached to an aromatic ring is 1. The first-order chi connectivity index (χ1) is 14.6. The molecule has 3 aromatic heterocycles. The van der Waals surface area contributed by atoms with Crippen LogP contribution in [0.4, 0.5) is 5.95 Å². The average Bonchev–Trinajstić information content (AvgIpc) is 3.17. The summed E-state index contributed by atoms with van der Waals surface area (Å²) in [7, 11) is 0. The molecule has 0 saturated carbocycles.